The molecule has 1 saturated heterocycles. The second-order valence-electron chi connectivity index (χ2n) is 8.33. The summed E-state index contributed by atoms with van der Waals surface area (Å²) in [7, 11) is 1.40. The largest absolute Gasteiger partial charge is 0.425 e. The Kier molecular flexibility index (Phi) is 8.51. The molecule has 32 heavy (non-hydrogen) atoms. The molecule has 0 bridgehead atoms. The molecule has 1 fully saturated rings. The molecule has 2 amide bonds. The number of ketones is 1. The predicted octanol–water partition coefficient (Wildman–Crippen LogP) is 1.32. The summed E-state index contributed by atoms with van der Waals surface area (Å²) in [5, 5.41) is 1.28. The smallest absolute Gasteiger partial charge is 0.358 e. The Morgan fingerprint density at radius 1 is 1.22 bits per heavy atom. The van der Waals surface area contributed by atoms with E-state index >= 15 is 0 Å². The fraction of sp³-hybridized carbons (Fsp3) is 0.650. The minimum Gasteiger partial charge on any atom is -0.425 e. The van der Waals surface area contributed by atoms with Crippen LogP contribution in [0.25, 0.3) is 0 Å². The maximum Gasteiger partial charge on any atom is 0.358 e. The second kappa shape index (κ2) is 10.3. The Morgan fingerprint density at radius 2 is 1.84 bits per heavy atom. The number of β-lactam (4-membered cyclic amide) rings is 1. The van der Waals surface area contributed by atoms with E-state index in [0.29, 0.717) is 5.57 Å². The first-order valence-electron chi connectivity index (χ1n) is 9.81. The minimum absolute atomic E-state index is 0.0205. The van der Waals surface area contributed by atoms with E-state index in [1.807, 2.05) is 0 Å². The van der Waals surface area contributed by atoms with Gasteiger partial charge in [-0.1, -0.05) is 15.9 Å². The second-order valence-corrected chi connectivity index (χ2v) is 10.1. The van der Waals surface area contributed by atoms with Gasteiger partial charge in [-0.15, -0.1) is 11.8 Å². The lowest BCUT2D eigenvalue weighted by atomic mass is 9.92. The molecule has 0 aromatic carbocycles. The first-order chi connectivity index (χ1) is 14.8. The van der Waals surface area contributed by atoms with Gasteiger partial charge in [0.2, 0.25) is 18.1 Å². The highest BCUT2D eigenvalue weighted by Gasteiger charge is 2.58. The Bertz CT molecular complexity index is 853. The van der Waals surface area contributed by atoms with Gasteiger partial charge in [0.05, 0.1) is 17.4 Å². The maximum atomic E-state index is 13.1. The number of thioether (sulfide) groups is 1. The van der Waals surface area contributed by atoms with Gasteiger partial charge in [0.25, 0.3) is 0 Å². The highest BCUT2D eigenvalue weighted by atomic mass is 79.9. The van der Waals surface area contributed by atoms with E-state index in [1.54, 1.807) is 20.8 Å². The van der Waals surface area contributed by atoms with Gasteiger partial charge in [0.15, 0.2) is 5.78 Å². The number of carbonyl (C=O) groups is 5. The standard InChI is InChI=1S/C20H27BrN2O8S/c1-9(24)22-15-11(8-29-6)14(18(27)30-10(2)31-19(28)20(3,4)5)23-16(26)13(12(25)7-21)17(23)32-15/h10,13,15,17H,7-8H2,1-6H3,(H,22,24)/t10?,13?,15?,17-/m1/s1. The summed E-state index contributed by atoms with van der Waals surface area (Å²) in [5.41, 5.74) is -0.626. The SMILES string of the molecule is COCC1=C(C(=O)OC(C)OC(=O)C(C)(C)C)N2C(=O)C(C(=O)CBr)[C@H]2SC1NC(C)=O. The van der Waals surface area contributed by atoms with Gasteiger partial charge in [0.1, 0.15) is 22.4 Å². The van der Waals surface area contributed by atoms with Crippen molar-refractivity contribution in [2.45, 2.75) is 51.7 Å². The number of Topliss-reactive ketones (excluding diaryl/α,β-unsaturated/α-hetero) is 1. The number of halogens is 1. The van der Waals surface area contributed by atoms with Gasteiger partial charge in [-0.25, -0.2) is 4.79 Å². The van der Waals surface area contributed by atoms with Crippen LogP contribution < -0.4 is 5.32 Å². The van der Waals surface area contributed by atoms with Gasteiger partial charge < -0.3 is 19.5 Å². The number of nitrogens with one attached hydrogen (secondary N) is 1. The molecule has 178 valence electrons. The number of alkyl halides is 1. The van der Waals surface area contributed by atoms with Crippen LogP contribution in [0.15, 0.2) is 11.3 Å². The molecule has 0 spiro atoms. The van der Waals surface area contributed by atoms with E-state index in [1.165, 1.54) is 37.6 Å². The third kappa shape index (κ3) is 5.52. The molecule has 1 N–H and O–H groups in total. The van der Waals surface area contributed by atoms with Crippen molar-refractivity contribution < 1.29 is 38.2 Å². The third-order valence-corrected chi connectivity index (χ3v) is 6.63. The number of esters is 2. The predicted molar refractivity (Wildman–Crippen MR) is 118 cm³/mol. The van der Waals surface area contributed by atoms with Crippen LogP contribution in [-0.4, -0.2) is 70.5 Å². The molecule has 0 saturated carbocycles. The first-order valence-corrected chi connectivity index (χ1v) is 11.9. The number of ether oxygens (including phenoxy) is 3. The van der Waals surface area contributed by atoms with Gasteiger partial charge in [-0.2, -0.15) is 0 Å². The van der Waals surface area contributed by atoms with Crippen molar-refractivity contribution in [2.75, 3.05) is 19.0 Å². The van der Waals surface area contributed by atoms with E-state index in [-0.39, 0.29) is 29.3 Å². The summed E-state index contributed by atoms with van der Waals surface area (Å²) in [4.78, 5) is 63.2. The normalized spacial score (nSPS) is 23.7. The van der Waals surface area contributed by atoms with Crippen molar-refractivity contribution in [1.29, 1.82) is 0 Å². The van der Waals surface area contributed by atoms with Gasteiger partial charge in [-0.3, -0.25) is 24.1 Å². The number of amides is 2. The van der Waals surface area contributed by atoms with Crippen molar-refractivity contribution in [3.05, 3.63) is 11.3 Å². The van der Waals surface area contributed by atoms with Crippen LogP contribution in [0.3, 0.4) is 0 Å². The summed E-state index contributed by atoms with van der Waals surface area (Å²) < 4.78 is 15.7. The number of hydrogen-bond acceptors (Lipinski definition) is 9. The molecule has 12 heteroatoms. The van der Waals surface area contributed by atoms with E-state index in [2.05, 4.69) is 21.2 Å². The quantitative estimate of drug-likeness (QED) is 0.161. The van der Waals surface area contributed by atoms with Crippen LogP contribution in [0.4, 0.5) is 0 Å². The number of fused-ring (bicyclic) bond motifs is 1. The van der Waals surface area contributed by atoms with Crippen LogP contribution in [0.5, 0.6) is 0 Å². The van der Waals surface area contributed by atoms with Crippen LogP contribution in [0.1, 0.15) is 34.6 Å². The topological polar surface area (TPSA) is 128 Å². The van der Waals surface area contributed by atoms with Crippen molar-refractivity contribution in [1.82, 2.24) is 10.2 Å². The highest BCUT2D eigenvalue weighted by molar-refractivity contribution is 9.09. The van der Waals surface area contributed by atoms with Crippen molar-refractivity contribution in [2.24, 2.45) is 11.3 Å². The lowest BCUT2D eigenvalue weighted by Crippen LogP contribution is -2.66. The van der Waals surface area contributed by atoms with Crippen molar-refractivity contribution >= 4 is 57.2 Å². The van der Waals surface area contributed by atoms with Crippen molar-refractivity contribution in [3.63, 3.8) is 0 Å². The minimum atomic E-state index is -1.23. The van der Waals surface area contributed by atoms with E-state index < -0.39 is 46.2 Å². The zero-order valence-corrected chi connectivity index (χ0v) is 21.1. The average molecular weight is 535 g/mol. The number of rotatable bonds is 8. The molecule has 3 unspecified atom stereocenters. The van der Waals surface area contributed by atoms with E-state index in [9.17, 15) is 24.0 Å². The van der Waals surface area contributed by atoms with Crippen LogP contribution in [-0.2, 0) is 38.2 Å². The zero-order chi connectivity index (χ0) is 24.4. The van der Waals surface area contributed by atoms with Crippen LogP contribution >= 0.6 is 27.7 Å². The number of carbonyl (C=O) groups excluding carboxylic acids is 5. The summed E-state index contributed by atoms with van der Waals surface area (Å²) in [6.45, 7) is 7.59. The first kappa shape index (κ1) is 26.3. The fourth-order valence-corrected chi connectivity index (χ4v) is 5.08. The molecule has 4 atom stereocenters. The summed E-state index contributed by atoms with van der Waals surface area (Å²) in [5.74, 6) is -3.70. The molecule has 0 radical (unpaired) electrons. The molecule has 2 rings (SSSR count). The van der Waals surface area contributed by atoms with Crippen LogP contribution in [0, 0.1) is 11.3 Å². The summed E-state index contributed by atoms with van der Waals surface area (Å²) >= 11 is 4.24. The van der Waals surface area contributed by atoms with Gasteiger partial charge >= 0.3 is 11.9 Å². The Morgan fingerprint density at radius 3 is 2.34 bits per heavy atom. The molecule has 0 aromatic heterocycles. The maximum absolute atomic E-state index is 13.1. The van der Waals surface area contributed by atoms with Crippen molar-refractivity contribution in [3.8, 4) is 0 Å². The number of hydrogen-bond donors (Lipinski definition) is 1. The molecule has 0 aromatic rings. The molecule has 2 heterocycles. The summed E-state index contributed by atoms with van der Waals surface area (Å²) in [6, 6.07) is 0. The Labute approximate surface area is 198 Å². The molecular weight excluding hydrogens is 508 g/mol. The number of methoxy groups -OCH3 is 1. The highest BCUT2D eigenvalue weighted by Crippen LogP contribution is 2.47. The third-order valence-electron chi connectivity index (χ3n) is 4.64. The lowest BCUT2D eigenvalue weighted by molar-refractivity contribution is -0.190. The Hall–Kier alpha value is -1.92. The number of nitrogens with zero attached hydrogens (tertiary/aromatic N) is 1. The molecular formula is C20H27BrN2O8S. The summed E-state index contributed by atoms with van der Waals surface area (Å²) in [6.07, 6.45) is -1.23. The molecule has 10 nitrogen and oxygen atoms in total. The van der Waals surface area contributed by atoms with E-state index in [0.717, 1.165) is 0 Å². The monoisotopic (exact) mass is 534 g/mol. The van der Waals surface area contributed by atoms with Gasteiger partial charge in [-0.05, 0) is 20.8 Å². The zero-order valence-electron chi connectivity index (χ0n) is 18.7. The molecule has 0 aliphatic carbocycles. The Balaban J connectivity index is 2.39. The molecule has 2 aliphatic rings. The fourth-order valence-electron chi connectivity index (χ4n) is 3.11. The van der Waals surface area contributed by atoms with Crippen LogP contribution in [0.2, 0.25) is 0 Å². The van der Waals surface area contributed by atoms with E-state index in [4.69, 9.17) is 14.2 Å². The lowest BCUT2D eigenvalue weighted by Gasteiger charge is -2.51. The average Bonchev–Trinajstić information content (AvgIpc) is 2.67. The van der Waals surface area contributed by atoms with Gasteiger partial charge in [0, 0.05) is 26.5 Å². The molecule has 2 aliphatic heterocycles.